The molecule has 84 valence electrons. The maximum absolute atomic E-state index is 6.02. The largest absolute Gasteiger partial charge is 0.384 e. The van der Waals surface area contributed by atoms with Crippen LogP contribution >= 0.6 is 27.5 Å². The molecule has 0 fully saturated rings. The van der Waals surface area contributed by atoms with Gasteiger partial charge in [-0.25, -0.2) is 4.68 Å². The molecule has 0 aliphatic heterocycles. The summed E-state index contributed by atoms with van der Waals surface area (Å²) >= 11 is 9.37. The van der Waals surface area contributed by atoms with Crippen molar-refractivity contribution in [3.63, 3.8) is 0 Å². The van der Waals surface area contributed by atoms with Crippen molar-refractivity contribution in [3.05, 3.63) is 45.0 Å². The molecule has 0 aliphatic carbocycles. The fourth-order valence-corrected chi connectivity index (χ4v) is 1.87. The van der Waals surface area contributed by atoms with Crippen molar-refractivity contribution in [3.8, 4) is 0 Å². The van der Waals surface area contributed by atoms with Gasteiger partial charge in [-0.15, -0.1) is 0 Å². The average molecular weight is 301 g/mol. The summed E-state index contributed by atoms with van der Waals surface area (Å²) in [4.78, 5) is 0. The maximum Gasteiger partial charge on any atom is 0.124 e. The normalized spacial score (nSPS) is 10.7. The first kappa shape index (κ1) is 11.5. The summed E-state index contributed by atoms with van der Waals surface area (Å²) in [5, 5.41) is 4.89. The molecular weight excluding hydrogens is 289 g/mol. The molecule has 1 aromatic carbocycles. The van der Waals surface area contributed by atoms with Gasteiger partial charge >= 0.3 is 0 Å². The number of aryl methyl sites for hydroxylation is 1. The molecule has 3 nitrogen and oxygen atoms in total. The Kier molecular flexibility index (Phi) is 3.21. The number of halogens is 2. The lowest BCUT2D eigenvalue weighted by Crippen LogP contribution is -2.06. The standard InChI is InChI=1S/C11H11BrClN3/c1-7-5-15-16(11(7)14)6-8-2-3-9(12)10(13)4-8/h2-5H,6,14H2,1H3. The van der Waals surface area contributed by atoms with Gasteiger partial charge in [0, 0.05) is 10.0 Å². The second-order valence-electron chi connectivity index (χ2n) is 3.62. The fourth-order valence-electron chi connectivity index (χ4n) is 1.43. The van der Waals surface area contributed by atoms with Crippen molar-refractivity contribution in [2.24, 2.45) is 0 Å². The van der Waals surface area contributed by atoms with Crippen LogP contribution in [-0.4, -0.2) is 9.78 Å². The van der Waals surface area contributed by atoms with Crippen LogP contribution in [-0.2, 0) is 6.54 Å². The molecule has 16 heavy (non-hydrogen) atoms. The monoisotopic (exact) mass is 299 g/mol. The molecule has 0 atom stereocenters. The smallest absolute Gasteiger partial charge is 0.124 e. The zero-order valence-corrected chi connectivity index (χ0v) is 11.1. The van der Waals surface area contributed by atoms with E-state index in [1.54, 1.807) is 10.9 Å². The Morgan fingerprint density at radius 3 is 2.81 bits per heavy atom. The summed E-state index contributed by atoms with van der Waals surface area (Å²) in [7, 11) is 0. The Morgan fingerprint density at radius 1 is 1.50 bits per heavy atom. The molecule has 5 heteroatoms. The number of anilines is 1. The molecule has 0 bridgehead atoms. The Labute approximate surface area is 107 Å². The molecule has 2 N–H and O–H groups in total. The van der Waals surface area contributed by atoms with Crippen molar-refractivity contribution in [1.82, 2.24) is 9.78 Å². The molecule has 1 aromatic heterocycles. The number of rotatable bonds is 2. The van der Waals surface area contributed by atoms with Crippen LogP contribution in [0.5, 0.6) is 0 Å². The summed E-state index contributed by atoms with van der Waals surface area (Å²) in [5.74, 6) is 0.694. The lowest BCUT2D eigenvalue weighted by atomic mass is 10.2. The van der Waals surface area contributed by atoms with Crippen LogP contribution in [0.25, 0.3) is 0 Å². The second kappa shape index (κ2) is 4.47. The molecule has 2 aromatic rings. The summed E-state index contributed by atoms with van der Waals surface area (Å²) in [6.07, 6.45) is 1.76. The third-order valence-electron chi connectivity index (χ3n) is 2.39. The number of hydrogen-bond donors (Lipinski definition) is 1. The first-order valence-corrected chi connectivity index (χ1v) is 5.97. The van der Waals surface area contributed by atoms with Gasteiger partial charge in [-0.05, 0) is 40.5 Å². The Morgan fingerprint density at radius 2 is 2.25 bits per heavy atom. The Bertz CT molecular complexity index is 522. The first-order valence-electron chi connectivity index (χ1n) is 4.79. The molecule has 0 unspecified atom stereocenters. The molecule has 1 heterocycles. The quantitative estimate of drug-likeness (QED) is 0.925. The highest BCUT2D eigenvalue weighted by Crippen LogP contribution is 2.24. The average Bonchev–Trinajstić information content (AvgIpc) is 2.55. The van der Waals surface area contributed by atoms with E-state index in [1.807, 2.05) is 25.1 Å². The predicted octanol–water partition coefficient (Wildman–Crippen LogP) is 3.24. The molecule has 2 rings (SSSR count). The van der Waals surface area contributed by atoms with Gasteiger partial charge in [-0.1, -0.05) is 17.7 Å². The number of benzene rings is 1. The molecule has 0 saturated carbocycles. The summed E-state index contributed by atoms with van der Waals surface area (Å²) in [6, 6.07) is 5.82. The second-order valence-corrected chi connectivity index (χ2v) is 4.88. The summed E-state index contributed by atoms with van der Waals surface area (Å²) < 4.78 is 2.65. The van der Waals surface area contributed by atoms with E-state index in [-0.39, 0.29) is 0 Å². The van der Waals surface area contributed by atoms with Crippen LogP contribution in [0.1, 0.15) is 11.1 Å². The minimum absolute atomic E-state index is 0.632. The topological polar surface area (TPSA) is 43.8 Å². The fraction of sp³-hybridized carbons (Fsp3) is 0.182. The number of aromatic nitrogens is 2. The van der Waals surface area contributed by atoms with Gasteiger partial charge in [-0.3, -0.25) is 0 Å². The minimum Gasteiger partial charge on any atom is -0.384 e. The van der Waals surface area contributed by atoms with Crippen LogP contribution in [0.15, 0.2) is 28.9 Å². The maximum atomic E-state index is 6.02. The van der Waals surface area contributed by atoms with Crippen molar-refractivity contribution in [2.45, 2.75) is 13.5 Å². The summed E-state index contributed by atoms with van der Waals surface area (Å²) in [5.41, 5.74) is 7.94. The Hall–Kier alpha value is -1.00. The zero-order chi connectivity index (χ0) is 11.7. The number of nitrogens with two attached hydrogens (primary N) is 1. The highest BCUT2D eigenvalue weighted by Gasteiger charge is 2.05. The van der Waals surface area contributed by atoms with Gasteiger partial charge < -0.3 is 5.73 Å². The highest BCUT2D eigenvalue weighted by molar-refractivity contribution is 9.10. The predicted molar refractivity (Wildman–Crippen MR) is 69.6 cm³/mol. The van der Waals surface area contributed by atoms with Gasteiger partial charge in [0.1, 0.15) is 5.82 Å². The zero-order valence-electron chi connectivity index (χ0n) is 8.74. The van der Waals surface area contributed by atoms with E-state index in [0.29, 0.717) is 17.4 Å². The van der Waals surface area contributed by atoms with E-state index in [2.05, 4.69) is 21.0 Å². The van der Waals surface area contributed by atoms with Gasteiger partial charge in [0.15, 0.2) is 0 Å². The number of nitrogens with zero attached hydrogens (tertiary/aromatic N) is 2. The number of nitrogen functional groups attached to an aromatic ring is 1. The highest BCUT2D eigenvalue weighted by atomic mass is 79.9. The molecule has 0 radical (unpaired) electrons. The lowest BCUT2D eigenvalue weighted by molar-refractivity contribution is 0.697. The van der Waals surface area contributed by atoms with Crippen molar-refractivity contribution in [1.29, 1.82) is 0 Å². The molecule has 0 aliphatic rings. The van der Waals surface area contributed by atoms with E-state index >= 15 is 0 Å². The van der Waals surface area contributed by atoms with Crippen molar-refractivity contribution in [2.75, 3.05) is 5.73 Å². The van der Waals surface area contributed by atoms with Crippen molar-refractivity contribution >= 4 is 33.3 Å². The third-order valence-corrected chi connectivity index (χ3v) is 3.62. The van der Waals surface area contributed by atoms with Crippen LogP contribution in [0.3, 0.4) is 0 Å². The van der Waals surface area contributed by atoms with Crippen LogP contribution in [0.2, 0.25) is 5.02 Å². The van der Waals surface area contributed by atoms with Gasteiger partial charge in [0.05, 0.1) is 17.8 Å². The van der Waals surface area contributed by atoms with Crippen molar-refractivity contribution < 1.29 is 0 Å². The van der Waals surface area contributed by atoms with Gasteiger partial charge in [0.25, 0.3) is 0 Å². The molecule has 0 spiro atoms. The number of hydrogen-bond acceptors (Lipinski definition) is 2. The van der Waals surface area contributed by atoms with E-state index < -0.39 is 0 Å². The van der Waals surface area contributed by atoms with Crippen LogP contribution in [0, 0.1) is 6.92 Å². The molecule has 0 saturated heterocycles. The Balaban J connectivity index is 2.27. The van der Waals surface area contributed by atoms with E-state index in [0.717, 1.165) is 15.6 Å². The SMILES string of the molecule is Cc1cnn(Cc2ccc(Br)c(Cl)c2)c1N. The first-order chi connectivity index (χ1) is 7.58. The van der Waals surface area contributed by atoms with Gasteiger partial charge in [-0.2, -0.15) is 5.10 Å². The lowest BCUT2D eigenvalue weighted by Gasteiger charge is -2.06. The van der Waals surface area contributed by atoms with Gasteiger partial charge in [0.2, 0.25) is 0 Å². The molecule has 0 amide bonds. The van der Waals surface area contributed by atoms with Crippen LogP contribution < -0.4 is 5.73 Å². The minimum atomic E-state index is 0.632. The van der Waals surface area contributed by atoms with E-state index in [9.17, 15) is 0 Å². The van der Waals surface area contributed by atoms with E-state index in [4.69, 9.17) is 17.3 Å². The third kappa shape index (κ3) is 2.23. The summed E-state index contributed by atoms with van der Waals surface area (Å²) in [6.45, 7) is 2.57. The van der Waals surface area contributed by atoms with Crippen LogP contribution in [0.4, 0.5) is 5.82 Å². The van der Waals surface area contributed by atoms with E-state index in [1.165, 1.54) is 0 Å². The molecular formula is C11H11BrClN3.